The first-order valence-corrected chi connectivity index (χ1v) is 9.47. The van der Waals surface area contributed by atoms with E-state index in [9.17, 15) is 14.7 Å². The molecule has 5 nitrogen and oxygen atoms in total. The van der Waals surface area contributed by atoms with Gasteiger partial charge in [-0.1, -0.05) is 37.5 Å². The Morgan fingerprint density at radius 2 is 1.77 bits per heavy atom. The highest BCUT2D eigenvalue weighted by molar-refractivity contribution is 6.35. The average Bonchev–Trinajstić information content (AvgIpc) is 2.89. The maximum absolute atomic E-state index is 13.3. The fourth-order valence-corrected chi connectivity index (χ4v) is 3.98. The highest BCUT2D eigenvalue weighted by Gasteiger charge is 2.44. The molecule has 0 aromatic heterocycles. The van der Waals surface area contributed by atoms with Gasteiger partial charge in [-0.2, -0.15) is 0 Å². The Morgan fingerprint density at radius 1 is 1.08 bits per heavy atom. The molecule has 5 heteroatoms. The average molecular weight is 356 g/mol. The lowest BCUT2D eigenvalue weighted by atomic mass is 9.94. The van der Waals surface area contributed by atoms with Crippen LogP contribution >= 0.6 is 0 Å². The van der Waals surface area contributed by atoms with Crippen LogP contribution in [0.5, 0.6) is 0 Å². The smallest absolute Gasteiger partial charge is 0.278 e. The molecule has 1 aliphatic heterocycles. The SMILES string of the molecule is Cc1ccc(C2=C(N(C)CCO)C(=O)N(C3CCCCC3)C2=O)cc1C. The highest BCUT2D eigenvalue weighted by Crippen LogP contribution is 2.36. The van der Waals surface area contributed by atoms with Crippen molar-refractivity contribution in [3.63, 3.8) is 0 Å². The van der Waals surface area contributed by atoms with Crippen molar-refractivity contribution in [2.45, 2.75) is 52.0 Å². The summed E-state index contributed by atoms with van der Waals surface area (Å²) in [5.41, 5.74) is 3.91. The van der Waals surface area contributed by atoms with Crippen LogP contribution in [0.4, 0.5) is 0 Å². The predicted molar refractivity (Wildman–Crippen MR) is 101 cm³/mol. The van der Waals surface area contributed by atoms with Crippen molar-refractivity contribution >= 4 is 17.4 Å². The second-order valence-electron chi connectivity index (χ2n) is 7.44. The zero-order valence-corrected chi connectivity index (χ0v) is 15.9. The first-order chi connectivity index (χ1) is 12.5. The van der Waals surface area contributed by atoms with Crippen LogP contribution < -0.4 is 0 Å². The monoisotopic (exact) mass is 356 g/mol. The summed E-state index contributed by atoms with van der Waals surface area (Å²) in [5.74, 6) is -0.406. The van der Waals surface area contributed by atoms with E-state index in [2.05, 4.69) is 0 Å². The largest absolute Gasteiger partial charge is 0.395 e. The van der Waals surface area contributed by atoms with Crippen LogP contribution in [-0.4, -0.2) is 53.0 Å². The lowest BCUT2D eigenvalue weighted by Gasteiger charge is -2.30. The summed E-state index contributed by atoms with van der Waals surface area (Å²) < 4.78 is 0. The van der Waals surface area contributed by atoms with Gasteiger partial charge in [-0.25, -0.2) is 0 Å². The number of nitrogens with zero attached hydrogens (tertiary/aromatic N) is 2. The molecular weight excluding hydrogens is 328 g/mol. The van der Waals surface area contributed by atoms with E-state index in [1.165, 1.54) is 11.3 Å². The van der Waals surface area contributed by atoms with E-state index in [1.54, 1.807) is 11.9 Å². The van der Waals surface area contributed by atoms with Gasteiger partial charge in [0.15, 0.2) is 0 Å². The molecule has 140 valence electrons. The molecule has 2 aliphatic rings. The first-order valence-electron chi connectivity index (χ1n) is 9.47. The van der Waals surface area contributed by atoms with Gasteiger partial charge in [0.25, 0.3) is 11.8 Å². The molecule has 1 N–H and O–H groups in total. The fourth-order valence-electron chi connectivity index (χ4n) is 3.98. The summed E-state index contributed by atoms with van der Waals surface area (Å²) >= 11 is 0. The van der Waals surface area contributed by atoms with Crippen molar-refractivity contribution in [2.24, 2.45) is 0 Å². The van der Waals surface area contributed by atoms with Crippen molar-refractivity contribution in [1.29, 1.82) is 0 Å². The normalized spacial score (nSPS) is 18.8. The molecular formula is C21H28N2O3. The second kappa shape index (κ2) is 7.62. The van der Waals surface area contributed by atoms with Gasteiger partial charge >= 0.3 is 0 Å². The van der Waals surface area contributed by atoms with Crippen LogP contribution in [0.15, 0.2) is 23.9 Å². The van der Waals surface area contributed by atoms with Crippen molar-refractivity contribution in [2.75, 3.05) is 20.2 Å². The minimum atomic E-state index is -0.217. The van der Waals surface area contributed by atoms with Crippen LogP contribution in [0.25, 0.3) is 5.57 Å². The van der Waals surface area contributed by atoms with Crippen LogP contribution in [0.2, 0.25) is 0 Å². The minimum absolute atomic E-state index is 0.00896. The molecule has 0 spiro atoms. The van der Waals surface area contributed by atoms with Crippen molar-refractivity contribution in [1.82, 2.24) is 9.80 Å². The number of aliphatic hydroxyl groups is 1. The summed E-state index contributed by atoms with van der Waals surface area (Å²) in [7, 11) is 1.77. The molecule has 2 amide bonds. The van der Waals surface area contributed by atoms with Gasteiger partial charge in [0.05, 0.1) is 12.2 Å². The topological polar surface area (TPSA) is 60.9 Å². The highest BCUT2D eigenvalue weighted by atomic mass is 16.3. The Kier molecular flexibility index (Phi) is 5.47. The number of hydrogen-bond donors (Lipinski definition) is 1. The third-order valence-electron chi connectivity index (χ3n) is 5.64. The Balaban J connectivity index is 2.06. The number of amides is 2. The zero-order chi connectivity index (χ0) is 18.8. The lowest BCUT2D eigenvalue weighted by molar-refractivity contribution is -0.140. The molecule has 3 rings (SSSR count). The summed E-state index contributed by atoms with van der Waals surface area (Å²) in [6, 6.07) is 5.88. The van der Waals surface area contributed by atoms with Crippen molar-refractivity contribution < 1.29 is 14.7 Å². The van der Waals surface area contributed by atoms with Gasteiger partial charge in [-0.3, -0.25) is 14.5 Å². The van der Waals surface area contributed by atoms with Crippen LogP contribution in [0.1, 0.15) is 48.8 Å². The Labute approximate surface area is 155 Å². The molecule has 1 fully saturated rings. The standard InChI is InChI=1S/C21H28N2O3/c1-14-9-10-16(13-15(14)2)18-19(22(3)11-12-24)21(26)23(20(18)25)17-7-5-4-6-8-17/h9-10,13,17,24H,4-8,11-12H2,1-3H3. The summed E-state index contributed by atoms with van der Waals surface area (Å²) in [6.45, 7) is 4.30. The van der Waals surface area contributed by atoms with Gasteiger partial charge in [-0.15, -0.1) is 0 Å². The number of aliphatic hydroxyl groups excluding tert-OH is 1. The number of benzene rings is 1. The molecule has 0 unspecified atom stereocenters. The molecule has 0 atom stereocenters. The molecule has 0 radical (unpaired) electrons. The van der Waals surface area contributed by atoms with Crippen molar-refractivity contribution in [3.8, 4) is 0 Å². The lowest BCUT2D eigenvalue weighted by Crippen LogP contribution is -2.43. The molecule has 26 heavy (non-hydrogen) atoms. The van der Waals surface area contributed by atoms with Gasteiger partial charge in [0.2, 0.25) is 0 Å². The Hall–Kier alpha value is -2.14. The number of aryl methyl sites for hydroxylation is 2. The molecule has 1 aliphatic carbocycles. The van der Waals surface area contributed by atoms with E-state index in [0.29, 0.717) is 17.8 Å². The second-order valence-corrected chi connectivity index (χ2v) is 7.44. The first kappa shape index (κ1) is 18.6. The molecule has 0 bridgehead atoms. The summed E-state index contributed by atoms with van der Waals surface area (Å²) in [4.78, 5) is 29.7. The fraction of sp³-hybridized carbons (Fsp3) is 0.524. The Bertz CT molecular complexity index is 748. The quantitative estimate of drug-likeness (QED) is 0.824. The van der Waals surface area contributed by atoms with Crippen molar-refractivity contribution in [3.05, 3.63) is 40.6 Å². The van der Waals surface area contributed by atoms with E-state index in [0.717, 1.165) is 42.4 Å². The molecule has 1 saturated carbocycles. The number of rotatable bonds is 5. The van der Waals surface area contributed by atoms with Gasteiger partial charge in [-0.05, 0) is 43.4 Å². The third kappa shape index (κ3) is 3.28. The summed E-state index contributed by atoms with van der Waals surface area (Å²) in [6.07, 6.45) is 5.05. The third-order valence-corrected chi connectivity index (χ3v) is 5.64. The predicted octanol–water partition coefficient (Wildman–Crippen LogP) is 2.64. The molecule has 1 aromatic rings. The Morgan fingerprint density at radius 3 is 2.38 bits per heavy atom. The van der Waals surface area contributed by atoms with Crippen LogP contribution in [0, 0.1) is 13.8 Å². The van der Waals surface area contributed by atoms with E-state index in [4.69, 9.17) is 0 Å². The van der Waals surface area contributed by atoms with E-state index in [-0.39, 0.29) is 24.5 Å². The van der Waals surface area contributed by atoms with Gasteiger partial charge < -0.3 is 10.0 Å². The molecule has 1 heterocycles. The zero-order valence-electron chi connectivity index (χ0n) is 15.9. The van der Waals surface area contributed by atoms with E-state index >= 15 is 0 Å². The van der Waals surface area contributed by atoms with E-state index < -0.39 is 0 Å². The number of carbonyl (C=O) groups excluding carboxylic acids is 2. The number of imide groups is 1. The molecule has 1 aromatic carbocycles. The minimum Gasteiger partial charge on any atom is -0.395 e. The number of likely N-dealkylation sites (N-methyl/N-ethyl adjacent to an activating group) is 1. The van der Waals surface area contributed by atoms with Gasteiger partial charge in [0, 0.05) is 19.6 Å². The number of hydrogen-bond acceptors (Lipinski definition) is 4. The van der Waals surface area contributed by atoms with Crippen LogP contribution in [0.3, 0.4) is 0 Å². The van der Waals surface area contributed by atoms with Crippen LogP contribution in [-0.2, 0) is 9.59 Å². The molecule has 0 saturated heterocycles. The maximum atomic E-state index is 13.3. The summed E-state index contributed by atoms with van der Waals surface area (Å²) in [5, 5.41) is 9.33. The number of carbonyl (C=O) groups is 2. The maximum Gasteiger partial charge on any atom is 0.278 e. The van der Waals surface area contributed by atoms with Gasteiger partial charge in [0.1, 0.15) is 5.70 Å². The van der Waals surface area contributed by atoms with E-state index in [1.807, 2.05) is 32.0 Å².